The van der Waals surface area contributed by atoms with E-state index in [2.05, 4.69) is 8.58 Å². The second-order valence-electron chi connectivity index (χ2n) is 3.79. The van der Waals surface area contributed by atoms with Crippen LogP contribution in [0.5, 0.6) is 0 Å². The van der Waals surface area contributed by atoms with Crippen molar-refractivity contribution in [1.82, 2.24) is 0 Å². The van der Waals surface area contributed by atoms with Crippen LogP contribution in [0, 0.1) is 0 Å². The predicted molar refractivity (Wildman–Crippen MR) is 65.4 cm³/mol. The molecule has 0 spiro atoms. The van der Waals surface area contributed by atoms with Gasteiger partial charge >= 0.3 is 10.3 Å². The van der Waals surface area contributed by atoms with Crippen LogP contribution in [0.3, 0.4) is 0 Å². The lowest BCUT2D eigenvalue weighted by Gasteiger charge is -2.01. The lowest BCUT2D eigenvalue weighted by Crippen LogP contribution is -2.02. The molecule has 1 heterocycles. The fourth-order valence-electron chi connectivity index (χ4n) is 1.82. The number of nitrogens with zero attached hydrogens (tertiary/aromatic N) is 1. The van der Waals surface area contributed by atoms with Gasteiger partial charge in [-0.25, -0.2) is 4.18 Å². The highest BCUT2D eigenvalue weighted by atomic mass is 32.2. The third kappa shape index (κ3) is 1.94. The SMILES string of the molecule is O=S1(=O)N=C(c2ccc3ccccc3c2)CO1. The van der Waals surface area contributed by atoms with E-state index in [-0.39, 0.29) is 6.61 Å². The molecule has 0 N–H and O–H groups in total. The van der Waals surface area contributed by atoms with E-state index in [1.807, 2.05) is 42.5 Å². The van der Waals surface area contributed by atoms with Crippen molar-refractivity contribution >= 4 is 26.8 Å². The molecule has 0 saturated carbocycles. The van der Waals surface area contributed by atoms with E-state index < -0.39 is 10.3 Å². The van der Waals surface area contributed by atoms with Crippen LogP contribution < -0.4 is 0 Å². The molecular formula is C12H9NO3S. The zero-order valence-electron chi connectivity index (χ0n) is 8.83. The summed E-state index contributed by atoms with van der Waals surface area (Å²) in [6.07, 6.45) is 0. The van der Waals surface area contributed by atoms with Gasteiger partial charge in [0.1, 0.15) is 6.61 Å². The number of fused-ring (bicyclic) bond motifs is 1. The van der Waals surface area contributed by atoms with Crippen LogP contribution in [-0.2, 0) is 14.5 Å². The zero-order chi connectivity index (χ0) is 11.9. The fourth-order valence-corrected chi connectivity index (χ4v) is 2.56. The molecule has 0 aromatic heterocycles. The van der Waals surface area contributed by atoms with Gasteiger partial charge in [0.2, 0.25) is 0 Å². The average Bonchev–Trinajstić information content (AvgIpc) is 2.69. The van der Waals surface area contributed by atoms with Gasteiger partial charge in [-0.2, -0.15) is 8.42 Å². The molecule has 0 fully saturated rings. The molecule has 0 saturated heterocycles. The van der Waals surface area contributed by atoms with Crippen LogP contribution in [0.4, 0.5) is 0 Å². The highest BCUT2D eigenvalue weighted by Crippen LogP contribution is 2.19. The first-order valence-electron chi connectivity index (χ1n) is 5.11. The van der Waals surface area contributed by atoms with Crippen molar-refractivity contribution in [2.75, 3.05) is 6.61 Å². The molecule has 5 heteroatoms. The van der Waals surface area contributed by atoms with Crippen molar-refractivity contribution in [2.45, 2.75) is 0 Å². The number of rotatable bonds is 1. The summed E-state index contributed by atoms with van der Waals surface area (Å²) in [6.45, 7) is 0.0146. The van der Waals surface area contributed by atoms with Gasteiger partial charge in [-0.05, 0) is 22.4 Å². The van der Waals surface area contributed by atoms with Crippen molar-refractivity contribution in [3.63, 3.8) is 0 Å². The smallest absolute Gasteiger partial charge is 0.246 e. The Morgan fingerprint density at radius 1 is 1.06 bits per heavy atom. The summed E-state index contributed by atoms with van der Waals surface area (Å²) < 4.78 is 30.3. The Labute approximate surface area is 98.8 Å². The standard InChI is InChI=1S/C12H9NO3S/c14-17(15)13-12(8-16-17)11-6-5-9-3-1-2-4-10(9)7-11/h1-7H,8H2. The highest BCUT2D eigenvalue weighted by Gasteiger charge is 2.21. The Hall–Kier alpha value is -1.72. The van der Waals surface area contributed by atoms with Crippen LogP contribution in [0.15, 0.2) is 46.9 Å². The second kappa shape index (κ2) is 3.65. The molecule has 1 aliphatic rings. The lowest BCUT2D eigenvalue weighted by molar-refractivity contribution is 0.382. The maximum atomic E-state index is 11.1. The minimum Gasteiger partial charge on any atom is -0.246 e. The van der Waals surface area contributed by atoms with Crippen molar-refractivity contribution < 1.29 is 12.6 Å². The molecule has 2 aromatic rings. The van der Waals surface area contributed by atoms with E-state index in [0.29, 0.717) is 5.71 Å². The normalized spacial score (nSPS) is 18.2. The van der Waals surface area contributed by atoms with Gasteiger partial charge in [0.05, 0.1) is 5.71 Å². The van der Waals surface area contributed by atoms with Crippen molar-refractivity contribution in [3.05, 3.63) is 48.0 Å². The molecule has 3 rings (SSSR count). The predicted octanol–water partition coefficient (Wildman–Crippen LogP) is 1.90. The molecule has 17 heavy (non-hydrogen) atoms. The van der Waals surface area contributed by atoms with Crippen LogP contribution in [0.25, 0.3) is 10.8 Å². The molecule has 0 amide bonds. The Balaban J connectivity index is 2.14. The summed E-state index contributed by atoms with van der Waals surface area (Å²) in [4.78, 5) is 0. The highest BCUT2D eigenvalue weighted by molar-refractivity contribution is 7.85. The van der Waals surface area contributed by atoms with Crippen LogP contribution in [0.2, 0.25) is 0 Å². The molecule has 0 atom stereocenters. The van der Waals surface area contributed by atoms with Gasteiger partial charge in [0.15, 0.2) is 0 Å². The second-order valence-corrected chi connectivity index (χ2v) is 5.06. The van der Waals surface area contributed by atoms with Crippen LogP contribution >= 0.6 is 0 Å². The minimum absolute atomic E-state index is 0.0146. The maximum Gasteiger partial charge on any atom is 0.381 e. The fraction of sp³-hybridized carbons (Fsp3) is 0.0833. The lowest BCUT2D eigenvalue weighted by atomic mass is 10.0. The minimum atomic E-state index is -3.71. The number of hydrogen-bond acceptors (Lipinski definition) is 3. The number of hydrogen-bond donors (Lipinski definition) is 0. The van der Waals surface area contributed by atoms with Crippen LogP contribution in [-0.4, -0.2) is 20.7 Å². The zero-order valence-corrected chi connectivity index (χ0v) is 9.65. The molecule has 0 bridgehead atoms. The molecule has 4 nitrogen and oxygen atoms in total. The summed E-state index contributed by atoms with van der Waals surface area (Å²) in [5, 5.41) is 2.16. The average molecular weight is 247 g/mol. The molecule has 86 valence electrons. The molecule has 2 aromatic carbocycles. The molecule has 0 radical (unpaired) electrons. The van der Waals surface area contributed by atoms with E-state index in [9.17, 15) is 8.42 Å². The maximum absolute atomic E-state index is 11.1. The summed E-state index contributed by atoms with van der Waals surface area (Å²) >= 11 is 0. The molecule has 0 aliphatic carbocycles. The first-order valence-corrected chi connectivity index (χ1v) is 6.48. The van der Waals surface area contributed by atoms with Crippen molar-refractivity contribution in [2.24, 2.45) is 4.40 Å². The van der Waals surface area contributed by atoms with E-state index in [1.165, 1.54) is 0 Å². The van der Waals surface area contributed by atoms with Gasteiger partial charge in [-0.3, -0.25) is 0 Å². The van der Waals surface area contributed by atoms with E-state index in [0.717, 1.165) is 16.3 Å². The third-order valence-electron chi connectivity index (χ3n) is 2.65. The van der Waals surface area contributed by atoms with Gasteiger partial charge in [0.25, 0.3) is 0 Å². The Bertz CT molecular complexity index is 719. The Kier molecular flexibility index (Phi) is 2.24. The Morgan fingerprint density at radius 3 is 2.53 bits per heavy atom. The monoisotopic (exact) mass is 247 g/mol. The van der Waals surface area contributed by atoms with Gasteiger partial charge in [-0.1, -0.05) is 36.4 Å². The molecule has 0 unspecified atom stereocenters. The van der Waals surface area contributed by atoms with Gasteiger partial charge in [-0.15, -0.1) is 4.40 Å². The topological polar surface area (TPSA) is 55.7 Å². The third-order valence-corrected chi connectivity index (χ3v) is 3.51. The summed E-state index contributed by atoms with van der Waals surface area (Å²) in [5.74, 6) is 0. The van der Waals surface area contributed by atoms with E-state index >= 15 is 0 Å². The number of benzene rings is 2. The molecule has 1 aliphatic heterocycles. The Morgan fingerprint density at radius 2 is 1.82 bits per heavy atom. The van der Waals surface area contributed by atoms with Gasteiger partial charge < -0.3 is 0 Å². The van der Waals surface area contributed by atoms with E-state index in [1.54, 1.807) is 0 Å². The van der Waals surface area contributed by atoms with Gasteiger partial charge in [0, 0.05) is 0 Å². The first-order chi connectivity index (χ1) is 8.14. The summed E-state index contributed by atoms with van der Waals surface area (Å²) in [5.41, 5.74) is 1.24. The van der Waals surface area contributed by atoms with Crippen molar-refractivity contribution in [1.29, 1.82) is 0 Å². The summed E-state index contributed by atoms with van der Waals surface area (Å²) in [7, 11) is -3.71. The van der Waals surface area contributed by atoms with Crippen LogP contribution in [0.1, 0.15) is 5.56 Å². The molecular weight excluding hydrogens is 238 g/mol. The quantitative estimate of drug-likeness (QED) is 0.773. The summed E-state index contributed by atoms with van der Waals surface area (Å²) in [6, 6.07) is 13.6. The van der Waals surface area contributed by atoms with Crippen molar-refractivity contribution in [3.8, 4) is 0 Å². The largest absolute Gasteiger partial charge is 0.381 e. The van der Waals surface area contributed by atoms with E-state index in [4.69, 9.17) is 0 Å². The first kappa shape index (κ1) is 10.4.